The number of hydrogen-bond donors (Lipinski definition) is 1. The molecule has 0 aliphatic carbocycles. The molecule has 0 saturated heterocycles. The van der Waals surface area contributed by atoms with Crippen LogP contribution in [0.2, 0.25) is 0 Å². The van der Waals surface area contributed by atoms with Crippen LogP contribution in [0.3, 0.4) is 0 Å². The zero-order chi connectivity index (χ0) is 15.9. The third-order valence-corrected chi connectivity index (χ3v) is 4.34. The molecule has 1 unspecified atom stereocenters. The van der Waals surface area contributed by atoms with E-state index in [9.17, 15) is 0 Å². The Bertz CT molecular complexity index is 693. The van der Waals surface area contributed by atoms with E-state index in [-0.39, 0.29) is 6.04 Å². The van der Waals surface area contributed by atoms with Crippen LogP contribution in [0.4, 0.5) is 0 Å². The van der Waals surface area contributed by atoms with E-state index in [1.54, 1.807) is 17.8 Å². The second-order valence-electron chi connectivity index (χ2n) is 4.91. The van der Waals surface area contributed by atoms with Crippen molar-refractivity contribution in [2.24, 2.45) is 10.7 Å². The normalized spacial score (nSPS) is 19.3. The molecule has 112 valence electrons. The fourth-order valence-corrected chi connectivity index (χ4v) is 3.10. The molecule has 0 spiro atoms. The molecule has 3 nitrogen and oxygen atoms in total. The van der Waals surface area contributed by atoms with Crippen LogP contribution in [0, 0.1) is 11.3 Å². The standard InChI is InChI=1S/C18H19N3S/c1-3-14(16-7-5-6-13(10-16)12-19)11-15(4-2)17-8-9-22-18(20)21-17/h3-7,10-11,17H,2,8-9H2,1H3,(H2,20,21)/b14-3+,15-11+. The van der Waals surface area contributed by atoms with Crippen LogP contribution in [0.1, 0.15) is 24.5 Å². The molecular formula is C18H19N3S. The highest BCUT2D eigenvalue weighted by Gasteiger charge is 2.16. The van der Waals surface area contributed by atoms with Gasteiger partial charge in [0.25, 0.3) is 0 Å². The van der Waals surface area contributed by atoms with Gasteiger partial charge in [-0.1, -0.05) is 42.6 Å². The van der Waals surface area contributed by atoms with Crippen molar-refractivity contribution in [3.8, 4) is 6.07 Å². The monoisotopic (exact) mass is 309 g/mol. The summed E-state index contributed by atoms with van der Waals surface area (Å²) in [5, 5.41) is 9.68. The lowest BCUT2D eigenvalue weighted by Crippen LogP contribution is -2.21. The average molecular weight is 309 g/mol. The average Bonchev–Trinajstić information content (AvgIpc) is 2.56. The van der Waals surface area contributed by atoms with Gasteiger partial charge < -0.3 is 5.73 Å². The second-order valence-corrected chi connectivity index (χ2v) is 6.02. The minimum absolute atomic E-state index is 0.0628. The Balaban J connectivity index is 2.36. The van der Waals surface area contributed by atoms with Crippen molar-refractivity contribution in [2.45, 2.75) is 19.4 Å². The van der Waals surface area contributed by atoms with Crippen molar-refractivity contribution >= 4 is 22.5 Å². The fourth-order valence-electron chi connectivity index (χ4n) is 2.34. The Morgan fingerprint density at radius 1 is 1.55 bits per heavy atom. The molecule has 22 heavy (non-hydrogen) atoms. The molecule has 1 aliphatic rings. The SMILES string of the molecule is C=C/C(=C\C(=C/C)c1cccc(C#N)c1)C1CCSC(N)=N1. The number of hydrogen-bond acceptors (Lipinski definition) is 4. The molecule has 1 aliphatic heterocycles. The zero-order valence-electron chi connectivity index (χ0n) is 12.6. The van der Waals surface area contributed by atoms with Crippen LogP contribution in [-0.4, -0.2) is 17.0 Å². The summed E-state index contributed by atoms with van der Waals surface area (Å²) >= 11 is 1.59. The van der Waals surface area contributed by atoms with Gasteiger partial charge in [-0.05, 0) is 48.3 Å². The van der Waals surface area contributed by atoms with Gasteiger partial charge in [0.2, 0.25) is 0 Å². The molecule has 2 N–H and O–H groups in total. The summed E-state index contributed by atoms with van der Waals surface area (Å²) in [4.78, 5) is 4.51. The molecule has 1 heterocycles. The first-order valence-corrected chi connectivity index (χ1v) is 8.13. The molecule has 0 saturated carbocycles. The van der Waals surface area contributed by atoms with Gasteiger partial charge in [0.1, 0.15) is 0 Å². The second kappa shape index (κ2) is 7.67. The van der Waals surface area contributed by atoms with Crippen LogP contribution in [0.15, 0.2) is 59.6 Å². The van der Waals surface area contributed by atoms with Crippen LogP contribution in [0.5, 0.6) is 0 Å². The molecule has 0 radical (unpaired) electrons. The number of aliphatic imine (C=N–C) groups is 1. The van der Waals surface area contributed by atoms with E-state index in [0.29, 0.717) is 10.7 Å². The number of allylic oxidation sites excluding steroid dienone is 3. The first kappa shape index (κ1) is 16.1. The Morgan fingerprint density at radius 2 is 2.36 bits per heavy atom. The van der Waals surface area contributed by atoms with Crippen LogP contribution >= 0.6 is 11.8 Å². The smallest absolute Gasteiger partial charge is 0.154 e. The molecule has 1 aromatic carbocycles. The maximum absolute atomic E-state index is 9.04. The highest BCUT2D eigenvalue weighted by atomic mass is 32.2. The molecule has 1 atom stereocenters. The van der Waals surface area contributed by atoms with E-state index >= 15 is 0 Å². The predicted molar refractivity (Wildman–Crippen MR) is 95.6 cm³/mol. The summed E-state index contributed by atoms with van der Waals surface area (Å²) in [6.45, 7) is 5.90. The molecule has 4 heteroatoms. The summed E-state index contributed by atoms with van der Waals surface area (Å²) in [7, 11) is 0. The number of rotatable bonds is 4. The first-order chi connectivity index (χ1) is 10.7. The maximum Gasteiger partial charge on any atom is 0.154 e. The van der Waals surface area contributed by atoms with Crippen molar-refractivity contribution in [3.05, 3.63) is 65.8 Å². The highest BCUT2D eigenvalue weighted by Crippen LogP contribution is 2.25. The van der Waals surface area contributed by atoms with Crippen LogP contribution < -0.4 is 5.73 Å². The number of nitriles is 1. The fraction of sp³-hybridized carbons (Fsp3) is 0.222. The lowest BCUT2D eigenvalue weighted by Gasteiger charge is -2.19. The first-order valence-electron chi connectivity index (χ1n) is 7.15. The molecule has 1 aromatic rings. The third-order valence-electron chi connectivity index (χ3n) is 3.50. The quantitative estimate of drug-likeness (QED) is 0.858. The summed E-state index contributed by atoms with van der Waals surface area (Å²) in [5.41, 5.74) is 9.61. The van der Waals surface area contributed by atoms with Crippen molar-refractivity contribution in [2.75, 3.05) is 5.75 Å². The van der Waals surface area contributed by atoms with E-state index in [1.165, 1.54) is 0 Å². The molecule has 0 aromatic heterocycles. The molecule has 2 rings (SSSR count). The van der Waals surface area contributed by atoms with Gasteiger partial charge >= 0.3 is 0 Å². The van der Waals surface area contributed by atoms with E-state index in [0.717, 1.165) is 28.9 Å². The maximum atomic E-state index is 9.04. The van der Waals surface area contributed by atoms with E-state index in [2.05, 4.69) is 23.7 Å². The van der Waals surface area contributed by atoms with E-state index in [4.69, 9.17) is 11.0 Å². The Hall–Kier alpha value is -2.25. The zero-order valence-corrected chi connectivity index (χ0v) is 13.4. The Labute approximate surface area is 135 Å². The number of nitrogens with two attached hydrogens (primary N) is 1. The van der Waals surface area contributed by atoms with Gasteiger partial charge in [-0.2, -0.15) is 5.26 Å². The molecule has 0 fully saturated rings. The van der Waals surface area contributed by atoms with Crippen molar-refractivity contribution in [3.63, 3.8) is 0 Å². The lowest BCUT2D eigenvalue weighted by atomic mass is 9.97. The van der Waals surface area contributed by atoms with Gasteiger partial charge in [-0.3, -0.25) is 4.99 Å². The summed E-state index contributed by atoms with van der Waals surface area (Å²) in [5.74, 6) is 0.972. The summed E-state index contributed by atoms with van der Waals surface area (Å²) in [6.07, 6.45) is 6.92. The van der Waals surface area contributed by atoms with Gasteiger partial charge in [-0.15, -0.1) is 0 Å². The van der Waals surface area contributed by atoms with Crippen LogP contribution in [0.25, 0.3) is 5.57 Å². The number of nitrogens with zero attached hydrogens (tertiary/aromatic N) is 2. The topological polar surface area (TPSA) is 62.2 Å². The lowest BCUT2D eigenvalue weighted by molar-refractivity contribution is 0.760. The number of benzene rings is 1. The summed E-state index contributed by atoms with van der Waals surface area (Å²) < 4.78 is 0. The highest BCUT2D eigenvalue weighted by molar-refractivity contribution is 8.13. The summed E-state index contributed by atoms with van der Waals surface area (Å²) in [6, 6.07) is 9.83. The predicted octanol–water partition coefficient (Wildman–Crippen LogP) is 3.89. The van der Waals surface area contributed by atoms with Crippen molar-refractivity contribution in [1.29, 1.82) is 5.26 Å². The molecular weight excluding hydrogens is 290 g/mol. The minimum Gasteiger partial charge on any atom is -0.379 e. The van der Waals surface area contributed by atoms with Gasteiger partial charge in [0.05, 0.1) is 17.7 Å². The number of amidine groups is 1. The molecule has 0 bridgehead atoms. The van der Waals surface area contributed by atoms with Gasteiger partial charge in [-0.25, -0.2) is 0 Å². The van der Waals surface area contributed by atoms with E-state index < -0.39 is 0 Å². The van der Waals surface area contributed by atoms with E-state index in [1.807, 2.05) is 37.3 Å². The Kier molecular flexibility index (Phi) is 5.62. The minimum atomic E-state index is 0.0628. The van der Waals surface area contributed by atoms with Crippen molar-refractivity contribution < 1.29 is 0 Å². The van der Waals surface area contributed by atoms with Crippen molar-refractivity contribution in [1.82, 2.24) is 0 Å². The van der Waals surface area contributed by atoms with Crippen LogP contribution in [-0.2, 0) is 0 Å². The molecule has 0 amide bonds. The number of thioether (sulfide) groups is 1. The van der Waals surface area contributed by atoms with Gasteiger partial charge in [0.15, 0.2) is 5.17 Å². The third kappa shape index (κ3) is 3.90. The van der Waals surface area contributed by atoms with Gasteiger partial charge in [0, 0.05) is 5.75 Å². The largest absolute Gasteiger partial charge is 0.379 e. The Morgan fingerprint density at radius 3 is 3.00 bits per heavy atom.